The van der Waals surface area contributed by atoms with Gasteiger partial charge < -0.3 is 15.0 Å². The molecule has 0 saturated carbocycles. The lowest BCUT2D eigenvalue weighted by molar-refractivity contribution is 0.0548. The Morgan fingerprint density at radius 2 is 1.96 bits per heavy atom. The van der Waals surface area contributed by atoms with Crippen LogP contribution in [0.1, 0.15) is 18.4 Å². The van der Waals surface area contributed by atoms with Crippen LogP contribution >= 0.6 is 12.2 Å². The monoisotopic (exact) mass is 356 g/mol. The summed E-state index contributed by atoms with van der Waals surface area (Å²) < 4.78 is 5.52. The van der Waals surface area contributed by atoms with Crippen molar-refractivity contribution in [3.63, 3.8) is 0 Å². The minimum Gasteiger partial charge on any atom is -0.378 e. The van der Waals surface area contributed by atoms with Crippen LogP contribution < -0.4 is 10.7 Å². The van der Waals surface area contributed by atoms with Gasteiger partial charge in [-0.25, -0.2) is 0 Å². The maximum atomic E-state index is 5.52. The van der Waals surface area contributed by atoms with Crippen molar-refractivity contribution in [1.82, 2.24) is 15.6 Å². The number of allylic oxidation sites excluding steroid dienone is 2. The lowest BCUT2D eigenvalue weighted by Crippen LogP contribution is -2.36. The van der Waals surface area contributed by atoms with E-state index in [2.05, 4.69) is 51.1 Å². The molecular weight excluding hydrogens is 332 g/mol. The third-order valence-corrected chi connectivity index (χ3v) is 4.65. The molecule has 1 aromatic rings. The van der Waals surface area contributed by atoms with E-state index in [1.165, 1.54) is 22.4 Å². The van der Waals surface area contributed by atoms with Crippen molar-refractivity contribution in [3.05, 3.63) is 52.7 Å². The van der Waals surface area contributed by atoms with Crippen LogP contribution in [0.2, 0.25) is 0 Å². The van der Waals surface area contributed by atoms with Crippen LogP contribution in [0.25, 0.3) is 6.08 Å². The molecule has 0 bridgehead atoms. The van der Waals surface area contributed by atoms with Gasteiger partial charge in [0.05, 0.1) is 19.4 Å². The molecule has 6 heteroatoms. The maximum absolute atomic E-state index is 5.52. The molecule has 0 radical (unpaired) electrons. The Bertz CT molecular complexity index is 691. The Morgan fingerprint density at radius 1 is 1.20 bits per heavy atom. The Kier molecular flexibility index (Phi) is 6.19. The zero-order chi connectivity index (χ0) is 17.5. The number of rotatable bonds is 4. The molecule has 2 aliphatic rings. The van der Waals surface area contributed by atoms with Gasteiger partial charge in [-0.3, -0.25) is 5.43 Å². The van der Waals surface area contributed by atoms with Gasteiger partial charge >= 0.3 is 0 Å². The Morgan fingerprint density at radius 3 is 2.68 bits per heavy atom. The second-order valence-corrected chi connectivity index (χ2v) is 6.41. The van der Waals surface area contributed by atoms with E-state index in [1.807, 2.05) is 12.3 Å². The molecule has 1 aliphatic carbocycles. The van der Waals surface area contributed by atoms with E-state index in [9.17, 15) is 0 Å². The number of hydrogen-bond donors (Lipinski definition) is 2. The number of hydrogen-bond acceptors (Lipinski definition) is 4. The summed E-state index contributed by atoms with van der Waals surface area (Å²) in [5, 5.41) is 7.66. The molecule has 5 nitrogen and oxygen atoms in total. The second kappa shape index (κ2) is 8.78. The van der Waals surface area contributed by atoms with Gasteiger partial charge in [0, 0.05) is 25.8 Å². The van der Waals surface area contributed by atoms with E-state index >= 15 is 0 Å². The van der Waals surface area contributed by atoms with Crippen molar-refractivity contribution < 1.29 is 4.74 Å². The fourth-order valence-electron chi connectivity index (χ4n) is 3.15. The van der Waals surface area contributed by atoms with Crippen LogP contribution in [0.15, 0.2) is 52.3 Å². The summed E-state index contributed by atoms with van der Waals surface area (Å²) in [6.07, 6.45) is 6.21. The minimum atomic E-state index is 0.517. The average molecular weight is 356 g/mol. The normalized spacial score (nSPS) is 19.7. The van der Waals surface area contributed by atoms with Crippen LogP contribution in [0.3, 0.4) is 0 Å². The molecule has 1 heterocycles. The molecule has 0 aromatic heterocycles. The first-order chi connectivity index (χ1) is 12.3. The number of thiocarbonyl (C=S) groups is 1. The minimum absolute atomic E-state index is 0.517. The predicted octanol–water partition coefficient (Wildman–Crippen LogP) is 2.53. The number of nitrogens with one attached hydrogen (secondary N) is 2. The first-order valence-electron chi connectivity index (χ1n) is 8.60. The Labute approximate surface area is 154 Å². The molecule has 1 saturated heterocycles. The van der Waals surface area contributed by atoms with Crippen molar-refractivity contribution in [2.45, 2.75) is 12.8 Å². The predicted molar refractivity (Wildman–Crippen MR) is 106 cm³/mol. The van der Waals surface area contributed by atoms with E-state index in [0.717, 1.165) is 39.1 Å². The standard InChI is InChI=1S/C19H24N4OS/c1-20-19(25)22-21-14-17-8-7-16(13-15-5-3-2-4-6-15)18(17)23-9-11-24-12-10-23/h2-6,13-14H,7-12H2,1H3,(H2,20,22,25)/b16-13?,21-14-. The van der Waals surface area contributed by atoms with Gasteiger partial charge in [-0.05, 0) is 47.8 Å². The zero-order valence-electron chi connectivity index (χ0n) is 14.5. The molecule has 1 fully saturated rings. The third-order valence-electron chi connectivity index (χ3n) is 4.35. The average Bonchev–Trinajstić information content (AvgIpc) is 3.05. The molecular formula is C19H24N4OS. The highest BCUT2D eigenvalue weighted by Gasteiger charge is 2.25. The molecule has 2 N–H and O–H groups in total. The molecule has 0 unspecified atom stereocenters. The van der Waals surface area contributed by atoms with Crippen LogP contribution in [-0.4, -0.2) is 49.6 Å². The van der Waals surface area contributed by atoms with Crippen molar-refractivity contribution in [2.75, 3.05) is 33.4 Å². The van der Waals surface area contributed by atoms with Crippen molar-refractivity contribution >= 4 is 29.6 Å². The quantitative estimate of drug-likeness (QED) is 0.493. The molecule has 0 spiro atoms. The summed E-state index contributed by atoms with van der Waals surface area (Å²) in [6, 6.07) is 10.5. The largest absolute Gasteiger partial charge is 0.378 e. The van der Waals surface area contributed by atoms with Gasteiger partial charge in [-0.1, -0.05) is 30.3 Å². The smallest absolute Gasteiger partial charge is 0.186 e. The molecule has 132 valence electrons. The summed E-state index contributed by atoms with van der Waals surface area (Å²) in [6.45, 7) is 3.38. The van der Waals surface area contributed by atoms with E-state index < -0.39 is 0 Å². The van der Waals surface area contributed by atoms with Crippen LogP contribution in [-0.2, 0) is 4.74 Å². The lowest BCUT2D eigenvalue weighted by Gasteiger charge is -2.31. The van der Waals surface area contributed by atoms with Gasteiger partial charge in [0.15, 0.2) is 5.11 Å². The topological polar surface area (TPSA) is 48.9 Å². The number of benzene rings is 1. The summed E-state index contributed by atoms with van der Waals surface area (Å²) >= 11 is 5.07. The SMILES string of the molecule is CNC(=S)N/N=C\C1=C(N2CCOCC2)C(=Cc2ccccc2)CC1. The number of nitrogens with zero attached hydrogens (tertiary/aromatic N) is 2. The Hall–Kier alpha value is -2.18. The third kappa shape index (κ3) is 4.67. The first kappa shape index (κ1) is 17.6. The Balaban J connectivity index is 1.87. The highest BCUT2D eigenvalue weighted by atomic mass is 32.1. The summed E-state index contributed by atoms with van der Waals surface area (Å²) in [5.41, 5.74) is 7.98. The molecule has 1 aliphatic heterocycles. The van der Waals surface area contributed by atoms with Crippen LogP contribution in [0.4, 0.5) is 0 Å². The van der Waals surface area contributed by atoms with Crippen molar-refractivity contribution in [1.29, 1.82) is 0 Å². The fraction of sp³-hybridized carbons (Fsp3) is 0.368. The van der Waals surface area contributed by atoms with E-state index in [-0.39, 0.29) is 0 Å². The zero-order valence-corrected chi connectivity index (χ0v) is 15.3. The van der Waals surface area contributed by atoms with Gasteiger partial charge in [-0.15, -0.1) is 0 Å². The summed E-state index contributed by atoms with van der Waals surface area (Å²) in [4.78, 5) is 2.42. The summed E-state index contributed by atoms with van der Waals surface area (Å²) in [5.74, 6) is 0. The van der Waals surface area contributed by atoms with E-state index in [1.54, 1.807) is 7.05 Å². The highest BCUT2D eigenvalue weighted by Crippen LogP contribution is 2.34. The van der Waals surface area contributed by atoms with Crippen molar-refractivity contribution in [2.24, 2.45) is 5.10 Å². The van der Waals surface area contributed by atoms with E-state index in [0.29, 0.717) is 5.11 Å². The van der Waals surface area contributed by atoms with Crippen LogP contribution in [0, 0.1) is 0 Å². The summed E-state index contributed by atoms with van der Waals surface area (Å²) in [7, 11) is 1.78. The van der Waals surface area contributed by atoms with Gasteiger partial charge in [0.2, 0.25) is 0 Å². The molecule has 1 aromatic carbocycles. The van der Waals surface area contributed by atoms with Gasteiger partial charge in [0.25, 0.3) is 0 Å². The van der Waals surface area contributed by atoms with Gasteiger partial charge in [0.1, 0.15) is 0 Å². The fourth-order valence-corrected chi connectivity index (χ4v) is 3.20. The molecule has 3 rings (SSSR count). The highest BCUT2D eigenvalue weighted by molar-refractivity contribution is 7.80. The van der Waals surface area contributed by atoms with Crippen molar-refractivity contribution in [3.8, 4) is 0 Å². The maximum Gasteiger partial charge on any atom is 0.186 e. The second-order valence-electron chi connectivity index (χ2n) is 6.00. The molecule has 25 heavy (non-hydrogen) atoms. The number of morpholine rings is 1. The van der Waals surface area contributed by atoms with E-state index in [4.69, 9.17) is 17.0 Å². The molecule has 0 amide bonds. The lowest BCUT2D eigenvalue weighted by atomic mass is 10.1. The number of ether oxygens (including phenoxy) is 1. The number of hydrazone groups is 1. The first-order valence-corrected chi connectivity index (χ1v) is 9.01. The van der Waals surface area contributed by atoms with Crippen LogP contribution in [0.5, 0.6) is 0 Å². The molecule has 0 atom stereocenters. The van der Waals surface area contributed by atoms with Gasteiger partial charge in [-0.2, -0.15) is 5.10 Å².